The summed E-state index contributed by atoms with van der Waals surface area (Å²) >= 11 is 0. The average Bonchev–Trinajstić information content (AvgIpc) is 2.48. The van der Waals surface area contributed by atoms with Crippen molar-refractivity contribution in [1.29, 1.82) is 5.26 Å². The number of anilines is 1. The van der Waals surface area contributed by atoms with Crippen LogP contribution in [0.4, 0.5) is 5.69 Å². The molecule has 0 heterocycles. The van der Waals surface area contributed by atoms with E-state index < -0.39 is 10.0 Å². The molecule has 0 unspecified atom stereocenters. The summed E-state index contributed by atoms with van der Waals surface area (Å²) in [5.41, 5.74) is 7.88. The first kappa shape index (κ1) is 15.0. The van der Waals surface area contributed by atoms with E-state index in [-0.39, 0.29) is 11.4 Å². The number of benzene rings is 2. The SMILES string of the molecule is Cc1ccc(N)cc1S(=O)(=O)NCc1cccc(C#N)c1. The van der Waals surface area contributed by atoms with Gasteiger partial charge in [0.25, 0.3) is 0 Å². The van der Waals surface area contributed by atoms with E-state index in [4.69, 9.17) is 11.0 Å². The molecule has 3 N–H and O–H groups in total. The fourth-order valence-corrected chi connectivity index (χ4v) is 3.21. The van der Waals surface area contributed by atoms with Gasteiger partial charge < -0.3 is 5.73 Å². The van der Waals surface area contributed by atoms with E-state index in [0.717, 1.165) is 5.56 Å². The van der Waals surface area contributed by atoms with Crippen molar-refractivity contribution in [3.63, 3.8) is 0 Å². The number of aryl methyl sites for hydroxylation is 1. The normalized spacial score (nSPS) is 11.0. The van der Waals surface area contributed by atoms with E-state index >= 15 is 0 Å². The van der Waals surface area contributed by atoms with E-state index in [1.54, 1.807) is 43.3 Å². The Hall–Kier alpha value is -2.36. The van der Waals surface area contributed by atoms with Crippen LogP contribution in [0.3, 0.4) is 0 Å². The maximum Gasteiger partial charge on any atom is 0.241 e. The summed E-state index contributed by atoms with van der Waals surface area (Å²) in [7, 11) is -3.64. The Bertz CT molecular complexity index is 808. The van der Waals surface area contributed by atoms with Gasteiger partial charge in [-0.05, 0) is 42.3 Å². The third kappa shape index (κ3) is 3.60. The molecular formula is C15H15N3O2S. The summed E-state index contributed by atoms with van der Waals surface area (Å²) in [6.45, 7) is 1.83. The van der Waals surface area contributed by atoms with Gasteiger partial charge in [0, 0.05) is 12.2 Å². The monoisotopic (exact) mass is 301 g/mol. The van der Waals surface area contributed by atoms with Crippen molar-refractivity contribution in [2.45, 2.75) is 18.4 Å². The fourth-order valence-electron chi connectivity index (χ4n) is 1.91. The number of sulfonamides is 1. The number of hydrogen-bond donors (Lipinski definition) is 2. The van der Waals surface area contributed by atoms with Gasteiger partial charge in [-0.3, -0.25) is 0 Å². The van der Waals surface area contributed by atoms with E-state index in [1.165, 1.54) is 6.07 Å². The van der Waals surface area contributed by atoms with Crippen LogP contribution in [0.15, 0.2) is 47.4 Å². The smallest absolute Gasteiger partial charge is 0.241 e. The minimum Gasteiger partial charge on any atom is -0.399 e. The molecule has 2 rings (SSSR count). The van der Waals surface area contributed by atoms with Gasteiger partial charge in [0.15, 0.2) is 0 Å². The van der Waals surface area contributed by atoms with E-state index in [0.29, 0.717) is 16.8 Å². The molecule has 21 heavy (non-hydrogen) atoms. The standard InChI is InChI=1S/C15H15N3O2S/c1-11-5-6-14(17)8-15(11)21(19,20)18-10-13-4-2-3-12(7-13)9-16/h2-8,18H,10,17H2,1H3. The second-order valence-corrected chi connectivity index (χ2v) is 6.40. The Labute approximate surface area is 124 Å². The third-order valence-electron chi connectivity index (χ3n) is 3.02. The maximum atomic E-state index is 12.3. The van der Waals surface area contributed by atoms with E-state index in [2.05, 4.69) is 4.72 Å². The van der Waals surface area contributed by atoms with Gasteiger partial charge in [0.1, 0.15) is 0 Å². The van der Waals surface area contributed by atoms with Crippen LogP contribution in [0.1, 0.15) is 16.7 Å². The van der Waals surface area contributed by atoms with E-state index in [9.17, 15) is 8.42 Å². The zero-order valence-electron chi connectivity index (χ0n) is 11.5. The molecule has 5 nitrogen and oxygen atoms in total. The number of hydrogen-bond acceptors (Lipinski definition) is 4. The molecule has 108 valence electrons. The minimum atomic E-state index is -3.64. The molecule has 0 radical (unpaired) electrons. The number of nitrogens with one attached hydrogen (secondary N) is 1. The molecule has 0 aliphatic rings. The Morgan fingerprint density at radius 2 is 2.00 bits per heavy atom. The molecule has 2 aromatic carbocycles. The number of rotatable bonds is 4. The largest absolute Gasteiger partial charge is 0.399 e. The quantitative estimate of drug-likeness (QED) is 0.843. The Morgan fingerprint density at radius 3 is 2.71 bits per heavy atom. The van der Waals surface area contributed by atoms with Gasteiger partial charge >= 0.3 is 0 Å². The van der Waals surface area contributed by atoms with Gasteiger partial charge in [-0.25, -0.2) is 13.1 Å². The lowest BCUT2D eigenvalue weighted by Crippen LogP contribution is -2.24. The first-order valence-corrected chi connectivity index (χ1v) is 7.75. The van der Waals surface area contributed by atoms with Crippen LogP contribution in [0, 0.1) is 18.3 Å². The Kier molecular flexibility index (Phi) is 4.26. The topological polar surface area (TPSA) is 96.0 Å². The number of nitrogens with zero attached hydrogens (tertiary/aromatic N) is 1. The van der Waals surface area contributed by atoms with Crippen molar-refractivity contribution in [1.82, 2.24) is 4.72 Å². The Balaban J connectivity index is 2.22. The van der Waals surface area contributed by atoms with Crippen LogP contribution in [-0.2, 0) is 16.6 Å². The third-order valence-corrected chi connectivity index (χ3v) is 4.57. The van der Waals surface area contributed by atoms with E-state index in [1.807, 2.05) is 6.07 Å². The van der Waals surface area contributed by atoms with Gasteiger partial charge in [-0.15, -0.1) is 0 Å². The molecule has 0 bridgehead atoms. The second-order valence-electron chi connectivity index (χ2n) is 4.66. The lowest BCUT2D eigenvalue weighted by Gasteiger charge is -2.10. The van der Waals surface area contributed by atoms with Crippen molar-refractivity contribution in [2.75, 3.05) is 5.73 Å². The molecule has 0 atom stereocenters. The number of nitriles is 1. The molecular weight excluding hydrogens is 286 g/mol. The zero-order valence-corrected chi connectivity index (χ0v) is 12.3. The molecule has 0 fully saturated rings. The highest BCUT2D eigenvalue weighted by Gasteiger charge is 2.16. The molecule has 6 heteroatoms. The zero-order chi connectivity index (χ0) is 15.5. The van der Waals surface area contributed by atoms with Gasteiger partial charge in [0.05, 0.1) is 16.5 Å². The molecule has 0 spiro atoms. The summed E-state index contributed by atoms with van der Waals surface area (Å²) < 4.78 is 27.1. The van der Waals surface area contributed by atoms with Gasteiger partial charge in [0.2, 0.25) is 10.0 Å². The predicted octanol–water partition coefficient (Wildman–Crippen LogP) is 1.93. The van der Waals surface area contributed by atoms with Gasteiger partial charge in [-0.1, -0.05) is 18.2 Å². The number of nitrogens with two attached hydrogens (primary N) is 1. The molecule has 0 saturated heterocycles. The molecule has 0 aromatic heterocycles. The molecule has 0 aliphatic heterocycles. The highest BCUT2D eigenvalue weighted by molar-refractivity contribution is 7.89. The lowest BCUT2D eigenvalue weighted by molar-refractivity contribution is 0.580. The summed E-state index contributed by atoms with van der Waals surface area (Å²) in [6.07, 6.45) is 0. The Morgan fingerprint density at radius 1 is 1.24 bits per heavy atom. The maximum absolute atomic E-state index is 12.3. The van der Waals surface area contributed by atoms with Crippen molar-refractivity contribution >= 4 is 15.7 Å². The van der Waals surface area contributed by atoms with Crippen LogP contribution >= 0.6 is 0 Å². The van der Waals surface area contributed by atoms with Crippen LogP contribution in [0.2, 0.25) is 0 Å². The summed E-state index contributed by atoms with van der Waals surface area (Å²) in [4.78, 5) is 0.166. The fraction of sp³-hybridized carbons (Fsp3) is 0.133. The van der Waals surface area contributed by atoms with Crippen molar-refractivity contribution in [3.8, 4) is 6.07 Å². The minimum absolute atomic E-state index is 0.117. The predicted molar refractivity (Wildman–Crippen MR) is 80.8 cm³/mol. The molecule has 0 aliphatic carbocycles. The van der Waals surface area contributed by atoms with Gasteiger partial charge in [-0.2, -0.15) is 5.26 Å². The second kappa shape index (κ2) is 5.95. The van der Waals surface area contributed by atoms with Crippen molar-refractivity contribution < 1.29 is 8.42 Å². The highest BCUT2D eigenvalue weighted by Crippen LogP contribution is 2.18. The van der Waals surface area contributed by atoms with Crippen LogP contribution in [0.25, 0.3) is 0 Å². The van der Waals surface area contributed by atoms with Crippen molar-refractivity contribution in [3.05, 3.63) is 59.2 Å². The van der Waals surface area contributed by atoms with Crippen LogP contribution in [-0.4, -0.2) is 8.42 Å². The van der Waals surface area contributed by atoms with Crippen LogP contribution < -0.4 is 10.5 Å². The summed E-state index contributed by atoms with van der Waals surface area (Å²) in [5, 5.41) is 8.83. The highest BCUT2D eigenvalue weighted by atomic mass is 32.2. The first-order valence-electron chi connectivity index (χ1n) is 6.27. The van der Waals surface area contributed by atoms with Crippen LogP contribution in [0.5, 0.6) is 0 Å². The summed E-state index contributed by atoms with van der Waals surface area (Å²) in [6, 6.07) is 13.6. The van der Waals surface area contributed by atoms with Crippen molar-refractivity contribution in [2.24, 2.45) is 0 Å². The first-order chi connectivity index (χ1) is 9.92. The lowest BCUT2D eigenvalue weighted by atomic mass is 10.1. The molecule has 0 amide bonds. The summed E-state index contributed by atoms with van der Waals surface area (Å²) in [5.74, 6) is 0. The number of nitrogen functional groups attached to an aromatic ring is 1. The molecule has 0 saturated carbocycles. The molecule has 2 aromatic rings. The average molecular weight is 301 g/mol.